The maximum absolute atomic E-state index is 13.2. The minimum atomic E-state index is -0.231. The Morgan fingerprint density at radius 2 is 1.77 bits per heavy atom. The number of nitrogens with zero attached hydrogens (tertiary/aromatic N) is 5. The summed E-state index contributed by atoms with van der Waals surface area (Å²) in [5.41, 5.74) is 5.10. The predicted octanol–water partition coefficient (Wildman–Crippen LogP) is 3.60. The van der Waals surface area contributed by atoms with Crippen molar-refractivity contribution in [1.82, 2.24) is 24.6 Å². The SMILES string of the molecule is Cc1nn(Cc2ccc(F)cc2)c(C)c1NC(=S)N1CCN(Cc2cccnc2)CC1. The zero-order chi connectivity index (χ0) is 21.8. The van der Waals surface area contributed by atoms with E-state index in [0.717, 1.165) is 60.5 Å². The van der Waals surface area contributed by atoms with Crippen molar-refractivity contribution in [3.05, 3.63) is 77.1 Å². The van der Waals surface area contributed by atoms with Crippen LogP contribution in [0.25, 0.3) is 0 Å². The smallest absolute Gasteiger partial charge is 0.173 e. The Balaban J connectivity index is 1.34. The van der Waals surface area contributed by atoms with Gasteiger partial charge in [0.25, 0.3) is 0 Å². The van der Waals surface area contributed by atoms with Gasteiger partial charge in [-0.25, -0.2) is 4.39 Å². The minimum Gasteiger partial charge on any atom is -0.346 e. The highest BCUT2D eigenvalue weighted by molar-refractivity contribution is 7.80. The van der Waals surface area contributed by atoms with E-state index in [2.05, 4.69) is 31.3 Å². The number of aromatic nitrogens is 3. The van der Waals surface area contributed by atoms with Gasteiger partial charge in [-0.05, 0) is 55.4 Å². The average molecular weight is 439 g/mol. The number of nitrogens with one attached hydrogen (secondary N) is 1. The number of hydrogen-bond donors (Lipinski definition) is 1. The Bertz CT molecular complexity index is 1030. The fourth-order valence-corrected chi connectivity index (χ4v) is 4.12. The molecule has 3 heterocycles. The summed E-state index contributed by atoms with van der Waals surface area (Å²) in [6.07, 6.45) is 3.73. The van der Waals surface area contributed by atoms with Crippen molar-refractivity contribution in [3.8, 4) is 0 Å². The first kappa shape index (κ1) is 21.4. The number of anilines is 1. The van der Waals surface area contributed by atoms with Crippen LogP contribution in [0.1, 0.15) is 22.5 Å². The van der Waals surface area contributed by atoms with Crippen LogP contribution in [0.2, 0.25) is 0 Å². The monoisotopic (exact) mass is 438 g/mol. The average Bonchev–Trinajstić information content (AvgIpc) is 3.04. The van der Waals surface area contributed by atoms with Crippen LogP contribution < -0.4 is 5.32 Å². The zero-order valence-corrected chi connectivity index (χ0v) is 18.7. The van der Waals surface area contributed by atoms with E-state index in [1.807, 2.05) is 30.8 Å². The van der Waals surface area contributed by atoms with Gasteiger partial charge in [-0.2, -0.15) is 5.10 Å². The Kier molecular flexibility index (Phi) is 6.58. The molecule has 1 aromatic carbocycles. The zero-order valence-electron chi connectivity index (χ0n) is 17.9. The van der Waals surface area contributed by atoms with E-state index < -0.39 is 0 Å². The van der Waals surface area contributed by atoms with Gasteiger partial charge in [-0.1, -0.05) is 18.2 Å². The Labute approximate surface area is 187 Å². The van der Waals surface area contributed by atoms with Gasteiger partial charge in [-0.15, -0.1) is 0 Å². The molecule has 6 nitrogen and oxygen atoms in total. The summed E-state index contributed by atoms with van der Waals surface area (Å²) < 4.78 is 15.1. The lowest BCUT2D eigenvalue weighted by Crippen LogP contribution is -2.49. The fraction of sp³-hybridized carbons (Fsp3) is 0.348. The molecule has 0 spiro atoms. The van der Waals surface area contributed by atoms with Crippen molar-refractivity contribution >= 4 is 23.0 Å². The van der Waals surface area contributed by atoms with Gasteiger partial charge < -0.3 is 10.2 Å². The lowest BCUT2D eigenvalue weighted by atomic mass is 10.2. The van der Waals surface area contributed by atoms with Crippen LogP contribution in [0.5, 0.6) is 0 Å². The van der Waals surface area contributed by atoms with Crippen molar-refractivity contribution in [3.63, 3.8) is 0 Å². The Morgan fingerprint density at radius 1 is 1.03 bits per heavy atom. The summed E-state index contributed by atoms with van der Waals surface area (Å²) >= 11 is 5.70. The number of hydrogen-bond acceptors (Lipinski definition) is 4. The number of piperazine rings is 1. The highest BCUT2D eigenvalue weighted by Gasteiger charge is 2.21. The molecule has 0 saturated carbocycles. The third-order valence-corrected chi connectivity index (χ3v) is 6.01. The molecule has 31 heavy (non-hydrogen) atoms. The molecule has 1 aliphatic heterocycles. The number of halogens is 1. The second-order valence-electron chi connectivity index (χ2n) is 7.88. The molecule has 162 valence electrons. The second kappa shape index (κ2) is 9.53. The topological polar surface area (TPSA) is 49.2 Å². The predicted molar refractivity (Wildman–Crippen MR) is 125 cm³/mol. The molecule has 2 aromatic heterocycles. The van der Waals surface area contributed by atoms with Crippen molar-refractivity contribution in [2.24, 2.45) is 0 Å². The summed E-state index contributed by atoms with van der Waals surface area (Å²) in [7, 11) is 0. The normalized spacial score (nSPS) is 14.6. The number of benzene rings is 1. The quantitative estimate of drug-likeness (QED) is 0.615. The van der Waals surface area contributed by atoms with Crippen LogP contribution in [0.15, 0.2) is 48.8 Å². The van der Waals surface area contributed by atoms with Crippen molar-refractivity contribution in [1.29, 1.82) is 0 Å². The van der Waals surface area contributed by atoms with Gasteiger partial charge >= 0.3 is 0 Å². The van der Waals surface area contributed by atoms with Gasteiger partial charge in [0, 0.05) is 45.1 Å². The molecule has 8 heteroatoms. The standard InChI is InChI=1S/C23H27FN6S/c1-17-22(18(2)30(27-17)16-19-5-7-21(24)8-6-19)26-23(31)29-12-10-28(11-13-29)15-20-4-3-9-25-14-20/h3-9,14H,10-13,15-16H2,1-2H3,(H,26,31). The Hall–Kier alpha value is -2.84. The maximum atomic E-state index is 13.2. The van der Waals surface area contributed by atoms with E-state index in [4.69, 9.17) is 12.2 Å². The highest BCUT2D eigenvalue weighted by Crippen LogP contribution is 2.21. The largest absolute Gasteiger partial charge is 0.346 e. The summed E-state index contributed by atoms with van der Waals surface area (Å²) in [6, 6.07) is 10.6. The minimum absolute atomic E-state index is 0.231. The van der Waals surface area contributed by atoms with E-state index in [1.54, 1.807) is 18.3 Å². The van der Waals surface area contributed by atoms with E-state index in [9.17, 15) is 4.39 Å². The molecule has 0 atom stereocenters. The van der Waals surface area contributed by atoms with Crippen molar-refractivity contribution in [2.75, 3.05) is 31.5 Å². The van der Waals surface area contributed by atoms with Gasteiger partial charge in [0.2, 0.25) is 0 Å². The molecule has 0 bridgehead atoms. The number of thiocarbonyl (C=S) groups is 1. The molecular formula is C23H27FN6S. The van der Waals surface area contributed by atoms with E-state index in [-0.39, 0.29) is 5.82 Å². The van der Waals surface area contributed by atoms with E-state index in [0.29, 0.717) is 6.54 Å². The van der Waals surface area contributed by atoms with Gasteiger partial charge in [0.05, 0.1) is 23.6 Å². The van der Waals surface area contributed by atoms with Crippen LogP contribution in [0, 0.1) is 19.7 Å². The molecule has 1 fully saturated rings. The molecule has 0 radical (unpaired) electrons. The molecule has 3 aromatic rings. The first-order valence-corrected chi connectivity index (χ1v) is 10.9. The number of aryl methyl sites for hydroxylation is 1. The fourth-order valence-electron chi connectivity index (χ4n) is 3.84. The van der Waals surface area contributed by atoms with Crippen LogP contribution >= 0.6 is 12.2 Å². The maximum Gasteiger partial charge on any atom is 0.173 e. The molecule has 4 rings (SSSR count). The number of rotatable bonds is 5. The molecule has 0 amide bonds. The van der Waals surface area contributed by atoms with Crippen LogP contribution in [-0.2, 0) is 13.1 Å². The van der Waals surface area contributed by atoms with E-state index in [1.165, 1.54) is 17.7 Å². The second-order valence-corrected chi connectivity index (χ2v) is 8.27. The molecule has 1 aliphatic rings. The summed E-state index contributed by atoms with van der Waals surface area (Å²) in [5, 5.41) is 8.80. The summed E-state index contributed by atoms with van der Waals surface area (Å²) in [4.78, 5) is 8.83. The lowest BCUT2D eigenvalue weighted by Gasteiger charge is -2.36. The molecule has 1 N–H and O–H groups in total. The van der Waals surface area contributed by atoms with Crippen LogP contribution in [0.3, 0.4) is 0 Å². The Morgan fingerprint density at radius 3 is 2.45 bits per heavy atom. The van der Waals surface area contributed by atoms with Gasteiger partial charge in [0.15, 0.2) is 5.11 Å². The van der Waals surface area contributed by atoms with Crippen LogP contribution in [0.4, 0.5) is 10.1 Å². The number of pyridine rings is 1. The van der Waals surface area contributed by atoms with Gasteiger partial charge in [0.1, 0.15) is 5.82 Å². The summed E-state index contributed by atoms with van der Waals surface area (Å²) in [6.45, 7) is 9.19. The van der Waals surface area contributed by atoms with E-state index >= 15 is 0 Å². The third-order valence-electron chi connectivity index (χ3n) is 5.65. The highest BCUT2D eigenvalue weighted by atomic mass is 32.1. The van der Waals surface area contributed by atoms with Crippen molar-refractivity contribution in [2.45, 2.75) is 26.9 Å². The molecule has 0 unspecified atom stereocenters. The molecule has 1 saturated heterocycles. The lowest BCUT2D eigenvalue weighted by molar-refractivity contribution is 0.177. The van der Waals surface area contributed by atoms with Crippen LogP contribution in [-0.4, -0.2) is 55.9 Å². The third kappa shape index (κ3) is 5.26. The molecule has 0 aliphatic carbocycles. The van der Waals surface area contributed by atoms with Gasteiger partial charge in [-0.3, -0.25) is 14.6 Å². The summed E-state index contributed by atoms with van der Waals surface area (Å²) in [5.74, 6) is -0.231. The first-order chi connectivity index (χ1) is 15.0. The van der Waals surface area contributed by atoms with Crippen molar-refractivity contribution < 1.29 is 4.39 Å². The first-order valence-electron chi connectivity index (χ1n) is 10.5. The molecular weight excluding hydrogens is 411 g/mol.